The maximum absolute atomic E-state index is 5.55. The Morgan fingerprint density at radius 3 is 2.59 bits per heavy atom. The number of thiocarbonyl (C=S) groups is 1. The Morgan fingerprint density at radius 2 is 1.86 bits per heavy atom. The van der Waals surface area contributed by atoms with Gasteiger partial charge in [0.05, 0.1) is 5.52 Å². The first-order valence-corrected chi connectivity index (χ1v) is 11.5. The lowest BCUT2D eigenvalue weighted by Crippen LogP contribution is -2.46. The first-order valence-electron chi connectivity index (χ1n) is 11.1. The number of aromatic nitrogens is 1. The van der Waals surface area contributed by atoms with Gasteiger partial charge in [-0.05, 0) is 68.4 Å². The highest BCUT2D eigenvalue weighted by Gasteiger charge is 2.18. The van der Waals surface area contributed by atoms with E-state index in [0.717, 1.165) is 54.9 Å². The standard InChI is InChI=1S/C23H33N5S/c1-3-27-11-13-28(14-12-27)22-15-17(2)20-16-19(9-10-21(20)26-22)25-23(29)24-18-7-5-4-6-8-18/h9-10,15-16,18H,3-8,11-14H2,1-2H3,(H2,24,25,29). The van der Waals surface area contributed by atoms with Gasteiger partial charge >= 0.3 is 0 Å². The van der Waals surface area contributed by atoms with Crippen molar-refractivity contribution in [1.82, 2.24) is 15.2 Å². The lowest BCUT2D eigenvalue weighted by Gasteiger charge is -2.35. The van der Waals surface area contributed by atoms with E-state index in [4.69, 9.17) is 17.2 Å². The van der Waals surface area contributed by atoms with Gasteiger partial charge in [-0.25, -0.2) is 4.98 Å². The third kappa shape index (κ3) is 4.98. The van der Waals surface area contributed by atoms with Crippen LogP contribution in [0.1, 0.15) is 44.6 Å². The molecule has 6 heteroatoms. The van der Waals surface area contributed by atoms with E-state index in [0.29, 0.717) is 6.04 Å². The van der Waals surface area contributed by atoms with Crippen LogP contribution < -0.4 is 15.5 Å². The molecule has 2 N–H and O–H groups in total. The first kappa shape index (κ1) is 20.4. The molecule has 2 aromatic rings. The minimum absolute atomic E-state index is 0.517. The van der Waals surface area contributed by atoms with Crippen molar-refractivity contribution in [3.05, 3.63) is 29.8 Å². The largest absolute Gasteiger partial charge is 0.360 e. The summed E-state index contributed by atoms with van der Waals surface area (Å²) in [5.74, 6) is 1.10. The summed E-state index contributed by atoms with van der Waals surface area (Å²) in [4.78, 5) is 9.86. The number of aryl methyl sites for hydroxylation is 1. The van der Waals surface area contributed by atoms with E-state index >= 15 is 0 Å². The summed E-state index contributed by atoms with van der Waals surface area (Å²) in [5, 5.41) is 8.77. The Morgan fingerprint density at radius 1 is 1.10 bits per heavy atom. The Bertz CT molecular complexity index is 854. The SMILES string of the molecule is CCN1CCN(c2cc(C)c3cc(NC(=S)NC4CCCCC4)ccc3n2)CC1. The maximum Gasteiger partial charge on any atom is 0.170 e. The number of hydrogen-bond acceptors (Lipinski definition) is 4. The van der Waals surface area contributed by atoms with E-state index < -0.39 is 0 Å². The molecule has 1 saturated heterocycles. The number of pyridine rings is 1. The number of likely N-dealkylation sites (N-methyl/N-ethyl adjacent to an activating group) is 1. The molecule has 1 aliphatic heterocycles. The molecule has 0 bridgehead atoms. The van der Waals surface area contributed by atoms with E-state index in [2.05, 4.69) is 58.5 Å². The van der Waals surface area contributed by atoms with Crippen LogP contribution in [0.2, 0.25) is 0 Å². The van der Waals surface area contributed by atoms with E-state index in [9.17, 15) is 0 Å². The Balaban J connectivity index is 1.45. The molecule has 0 amide bonds. The Labute approximate surface area is 179 Å². The smallest absolute Gasteiger partial charge is 0.170 e. The average molecular weight is 412 g/mol. The van der Waals surface area contributed by atoms with Gasteiger partial charge in [-0.3, -0.25) is 0 Å². The van der Waals surface area contributed by atoms with E-state index in [1.807, 2.05) is 0 Å². The number of piperazine rings is 1. The normalized spacial score (nSPS) is 18.8. The molecular weight excluding hydrogens is 378 g/mol. The van der Waals surface area contributed by atoms with E-state index in [1.165, 1.54) is 43.1 Å². The lowest BCUT2D eigenvalue weighted by atomic mass is 9.96. The molecule has 1 aromatic carbocycles. The molecule has 0 spiro atoms. The second kappa shape index (κ2) is 9.26. The van der Waals surface area contributed by atoms with Crippen molar-refractivity contribution in [3.8, 4) is 0 Å². The van der Waals surface area contributed by atoms with E-state index in [1.54, 1.807) is 0 Å². The first-order chi connectivity index (χ1) is 14.1. The number of nitrogens with one attached hydrogen (secondary N) is 2. The third-order valence-corrected chi connectivity index (χ3v) is 6.56. The third-order valence-electron chi connectivity index (χ3n) is 6.34. The van der Waals surface area contributed by atoms with Crippen LogP contribution in [-0.2, 0) is 0 Å². The van der Waals surface area contributed by atoms with Crippen molar-refractivity contribution in [3.63, 3.8) is 0 Å². The highest BCUT2D eigenvalue weighted by Crippen LogP contribution is 2.26. The molecule has 1 aliphatic carbocycles. The summed E-state index contributed by atoms with van der Waals surface area (Å²) in [6, 6.07) is 9.11. The minimum Gasteiger partial charge on any atom is -0.360 e. The van der Waals surface area contributed by atoms with Crippen LogP contribution in [0.3, 0.4) is 0 Å². The van der Waals surface area contributed by atoms with Gasteiger partial charge in [-0.2, -0.15) is 0 Å². The van der Waals surface area contributed by atoms with Gasteiger partial charge in [0.2, 0.25) is 0 Å². The summed E-state index contributed by atoms with van der Waals surface area (Å²) in [7, 11) is 0. The van der Waals surface area contributed by atoms with Gasteiger partial charge in [0.15, 0.2) is 5.11 Å². The summed E-state index contributed by atoms with van der Waals surface area (Å²) < 4.78 is 0. The fourth-order valence-electron chi connectivity index (χ4n) is 4.51. The topological polar surface area (TPSA) is 43.4 Å². The summed E-state index contributed by atoms with van der Waals surface area (Å²) in [6.07, 6.45) is 6.40. The quantitative estimate of drug-likeness (QED) is 0.731. The maximum atomic E-state index is 5.55. The van der Waals surface area contributed by atoms with Crippen LogP contribution in [0.5, 0.6) is 0 Å². The number of rotatable bonds is 4. The molecule has 2 fully saturated rings. The minimum atomic E-state index is 0.517. The predicted molar refractivity (Wildman–Crippen MR) is 127 cm³/mol. The average Bonchev–Trinajstić information content (AvgIpc) is 2.75. The molecule has 156 valence electrons. The Kier molecular flexibility index (Phi) is 6.50. The van der Waals surface area contributed by atoms with Gasteiger partial charge < -0.3 is 20.4 Å². The number of nitrogens with zero attached hydrogens (tertiary/aromatic N) is 3. The number of benzene rings is 1. The van der Waals surface area contributed by atoms with Gasteiger partial charge in [-0.15, -0.1) is 0 Å². The summed E-state index contributed by atoms with van der Waals surface area (Å²) in [6.45, 7) is 9.87. The fraction of sp³-hybridized carbons (Fsp3) is 0.565. The van der Waals surface area contributed by atoms with Crippen LogP contribution in [0, 0.1) is 6.92 Å². The van der Waals surface area contributed by atoms with Crippen LogP contribution in [0.4, 0.5) is 11.5 Å². The molecule has 0 unspecified atom stereocenters. The van der Waals surface area contributed by atoms with Crippen LogP contribution in [0.15, 0.2) is 24.3 Å². The number of fused-ring (bicyclic) bond motifs is 1. The van der Waals surface area contributed by atoms with Crippen LogP contribution in [-0.4, -0.2) is 53.8 Å². The van der Waals surface area contributed by atoms with Gasteiger partial charge in [-0.1, -0.05) is 26.2 Å². The summed E-state index contributed by atoms with van der Waals surface area (Å²) >= 11 is 5.55. The highest BCUT2D eigenvalue weighted by molar-refractivity contribution is 7.80. The van der Waals surface area contributed by atoms with Crippen molar-refractivity contribution in [2.45, 2.75) is 52.0 Å². The molecule has 29 heavy (non-hydrogen) atoms. The van der Waals surface area contributed by atoms with Crippen molar-refractivity contribution < 1.29 is 0 Å². The second-order valence-electron chi connectivity index (χ2n) is 8.38. The molecule has 4 rings (SSSR count). The zero-order valence-corrected chi connectivity index (χ0v) is 18.5. The van der Waals surface area contributed by atoms with E-state index in [-0.39, 0.29) is 0 Å². The van der Waals surface area contributed by atoms with Crippen LogP contribution in [0.25, 0.3) is 10.9 Å². The van der Waals surface area contributed by atoms with Gasteiger partial charge in [0.25, 0.3) is 0 Å². The molecule has 2 heterocycles. The molecule has 5 nitrogen and oxygen atoms in total. The molecule has 1 aromatic heterocycles. The van der Waals surface area contributed by atoms with Crippen molar-refractivity contribution >= 4 is 39.7 Å². The molecule has 1 saturated carbocycles. The number of anilines is 2. The van der Waals surface area contributed by atoms with Crippen molar-refractivity contribution in [2.75, 3.05) is 42.9 Å². The molecule has 2 aliphatic rings. The molecular formula is C23H33N5S. The molecule has 0 radical (unpaired) electrons. The molecule has 0 atom stereocenters. The Hall–Kier alpha value is -1.92. The number of hydrogen-bond donors (Lipinski definition) is 2. The zero-order valence-electron chi connectivity index (χ0n) is 17.7. The van der Waals surface area contributed by atoms with Gasteiger partial charge in [0.1, 0.15) is 5.82 Å². The lowest BCUT2D eigenvalue weighted by molar-refractivity contribution is 0.270. The van der Waals surface area contributed by atoms with Gasteiger partial charge in [0, 0.05) is 43.3 Å². The van der Waals surface area contributed by atoms with Crippen LogP contribution >= 0.6 is 12.2 Å². The highest BCUT2D eigenvalue weighted by atomic mass is 32.1. The predicted octanol–water partition coefficient (Wildman–Crippen LogP) is 4.30. The zero-order chi connectivity index (χ0) is 20.2. The second-order valence-corrected chi connectivity index (χ2v) is 8.79. The van der Waals surface area contributed by atoms with Crippen molar-refractivity contribution in [2.24, 2.45) is 0 Å². The van der Waals surface area contributed by atoms with Crippen molar-refractivity contribution in [1.29, 1.82) is 0 Å². The summed E-state index contributed by atoms with van der Waals surface area (Å²) in [5.41, 5.74) is 3.34. The monoisotopic (exact) mass is 411 g/mol. The fourth-order valence-corrected chi connectivity index (χ4v) is 4.79.